The summed E-state index contributed by atoms with van der Waals surface area (Å²) in [6.45, 7) is 8.62. The Kier molecular flexibility index (Phi) is 7.37. The van der Waals surface area contributed by atoms with E-state index in [1.165, 1.54) is 16.3 Å². The second kappa shape index (κ2) is 13.3. The molecule has 10 aromatic carbocycles. The SMILES string of the molecule is [C-]#[N+]c1cc(-n2c3ccc(-c4ccc5c6ccccc6n(-c6ccccc6)c5c4)cc3c3c4ccccc4ccc32)c(C#N)cc1-n1c2ccccc2c2c3ccccc3ccc21. The van der Waals surface area contributed by atoms with Crippen LogP contribution in [-0.2, 0) is 0 Å². The minimum atomic E-state index is 0.467. The summed E-state index contributed by atoms with van der Waals surface area (Å²) < 4.78 is 6.71. The maximum absolute atomic E-state index is 11.1. The largest absolute Gasteiger partial charge is 0.319 e. The lowest BCUT2D eigenvalue weighted by Gasteiger charge is -2.16. The Morgan fingerprint density at radius 3 is 1.60 bits per heavy atom. The molecule has 0 unspecified atom stereocenters. The predicted octanol–water partition coefficient (Wildman–Crippen LogP) is 15.4. The van der Waals surface area contributed by atoms with Crippen molar-refractivity contribution in [2.24, 2.45) is 0 Å². The lowest BCUT2D eigenvalue weighted by molar-refractivity contribution is 1.14. The van der Waals surface area contributed by atoms with Crippen LogP contribution in [0.4, 0.5) is 5.69 Å². The average Bonchev–Trinajstić information content (AvgIpc) is 3.99. The normalized spacial score (nSPS) is 11.8. The van der Waals surface area contributed by atoms with E-state index in [4.69, 9.17) is 6.57 Å². The van der Waals surface area contributed by atoms with Gasteiger partial charge < -0.3 is 13.7 Å². The molecule has 0 fully saturated rings. The highest BCUT2D eigenvalue weighted by Crippen LogP contribution is 2.44. The van der Waals surface area contributed by atoms with Crippen molar-refractivity contribution in [3.63, 3.8) is 0 Å². The smallest absolute Gasteiger partial charge is 0.212 e. The topological polar surface area (TPSA) is 42.9 Å². The highest BCUT2D eigenvalue weighted by molar-refractivity contribution is 6.23. The molecule has 0 amide bonds. The van der Waals surface area contributed by atoms with Crippen molar-refractivity contribution in [2.75, 3.05) is 0 Å². The fourth-order valence-corrected chi connectivity index (χ4v) is 10.3. The Balaban J connectivity index is 1.06. The van der Waals surface area contributed by atoms with Crippen molar-refractivity contribution in [2.45, 2.75) is 0 Å². The lowest BCUT2D eigenvalue weighted by Crippen LogP contribution is -2.01. The standard InChI is InChI=1S/C58H33N5/c1-60-48-34-54(40(35-59)33-56(48)63-50-22-12-10-20-46(50)57-42-17-7-5-13-36(42)24-29-52(57)63)62-51-28-26-38(31-47(51)58-43-18-8-6-14-37(43)25-30-53(58)62)39-23-27-45-44-19-9-11-21-49(44)61(55(45)32-39)41-15-3-2-4-16-41/h2-34H. The molecule has 3 heterocycles. The minimum Gasteiger partial charge on any atom is -0.319 e. The fourth-order valence-electron chi connectivity index (χ4n) is 10.3. The van der Waals surface area contributed by atoms with Gasteiger partial charge in [-0.15, -0.1) is 0 Å². The van der Waals surface area contributed by atoms with Crippen molar-refractivity contribution in [3.8, 4) is 34.3 Å². The first kappa shape index (κ1) is 34.9. The molecular formula is C58H33N5. The number of para-hydroxylation sites is 3. The van der Waals surface area contributed by atoms with Gasteiger partial charge in [-0.3, -0.25) is 0 Å². The van der Waals surface area contributed by atoms with E-state index in [2.05, 4.69) is 207 Å². The third-order valence-corrected chi connectivity index (χ3v) is 13.1. The third-order valence-electron chi connectivity index (χ3n) is 13.1. The van der Waals surface area contributed by atoms with Crippen molar-refractivity contribution < 1.29 is 0 Å². The first-order valence-electron chi connectivity index (χ1n) is 21.1. The zero-order valence-electron chi connectivity index (χ0n) is 33.8. The Hall–Kier alpha value is -8.90. The minimum absolute atomic E-state index is 0.467. The Bertz CT molecular complexity index is 4170. The number of nitrogens with zero attached hydrogens (tertiary/aromatic N) is 5. The van der Waals surface area contributed by atoms with E-state index in [9.17, 15) is 5.26 Å². The van der Waals surface area contributed by atoms with E-state index in [1.54, 1.807) is 0 Å². The van der Waals surface area contributed by atoms with E-state index >= 15 is 0 Å². The summed E-state index contributed by atoms with van der Waals surface area (Å²) in [5, 5.41) is 22.5. The van der Waals surface area contributed by atoms with Gasteiger partial charge in [0, 0.05) is 38.0 Å². The van der Waals surface area contributed by atoms with Gasteiger partial charge in [0.1, 0.15) is 6.07 Å². The van der Waals surface area contributed by atoms with Crippen LogP contribution < -0.4 is 0 Å². The molecule has 0 radical (unpaired) electrons. The Morgan fingerprint density at radius 2 is 0.905 bits per heavy atom. The molecule has 0 N–H and O–H groups in total. The number of fused-ring (bicyclic) bond motifs is 13. The average molecular weight is 800 g/mol. The van der Waals surface area contributed by atoms with Crippen molar-refractivity contribution >= 4 is 92.6 Å². The van der Waals surface area contributed by atoms with E-state index in [1.807, 2.05) is 18.2 Å². The molecule has 5 nitrogen and oxygen atoms in total. The molecule has 0 saturated carbocycles. The first-order chi connectivity index (χ1) is 31.2. The van der Waals surface area contributed by atoms with Crippen LogP contribution in [0.2, 0.25) is 0 Å². The van der Waals surface area contributed by atoms with E-state index < -0.39 is 0 Å². The number of rotatable bonds is 4. The highest BCUT2D eigenvalue weighted by atomic mass is 15.0. The summed E-state index contributed by atoms with van der Waals surface area (Å²) in [4.78, 5) is 4.19. The summed E-state index contributed by atoms with van der Waals surface area (Å²) in [7, 11) is 0. The molecular weight excluding hydrogens is 767 g/mol. The molecule has 0 bridgehead atoms. The second-order valence-electron chi connectivity index (χ2n) is 16.3. The Labute approximate surface area is 361 Å². The molecule has 0 saturated heterocycles. The van der Waals surface area contributed by atoms with Crippen molar-refractivity contribution in [1.82, 2.24) is 13.7 Å². The molecule has 0 aliphatic rings. The van der Waals surface area contributed by atoms with Gasteiger partial charge in [-0.2, -0.15) is 5.26 Å². The van der Waals surface area contributed by atoms with Crippen molar-refractivity contribution in [1.29, 1.82) is 5.26 Å². The molecule has 63 heavy (non-hydrogen) atoms. The quantitative estimate of drug-likeness (QED) is 0.164. The summed E-state index contributed by atoms with van der Waals surface area (Å²) in [5.74, 6) is 0. The van der Waals surface area contributed by atoms with Crippen molar-refractivity contribution in [3.05, 3.63) is 217 Å². The number of benzene rings is 10. The highest BCUT2D eigenvalue weighted by Gasteiger charge is 2.23. The molecule has 0 spiro atoms. The molecule has 3 aromatic heterocycles. The van der Waals surface area contributed by atoms with Crippen LogP contribution in [0.3, 0.4) is 0 Å². The predicted molar refractivity (Wildman–Crippen MR) is 261 cm³/mol. The Morgan fingerprint density at radius 1 is 0.381 bits per heavy atom. The number of aromatic nitrogens is 3. The molecule has 5 heteroatoms. The maximum atomic E-state index is 11.1. The third kappa shape index (κ3) is 4.97. The van der Waals surface area contributed by atoms with Crippen LogP contribution in [0.25, 0.3) is 120 Å². The second-order valence-corrected chi connectivity index (χ2v) is 16.3. The number of hydrogen-bond donors (Lipinski definition) is 0. The van der Waals surface area contributed by atoms with Gasteiger partial charge in [-0.1, -0.05) is 133 Å². The molecule has 13 aromatic rings. The monoisotopic (exact) mass is 799 g/mol. The van der Waals surface area contributed by atoms with Crippen LogP contribution in [0.15, 0.2) is 200 Å². The lowest BCUT2D eigenvalue weighted by atomic mass is 9.99. The summed E-state index contributed by atoms with van der Waals surface area (Å²) >= 11 is 0. The molecule has 0 atom stereocenters. The summed E-state index contributed by atoms with van der Waals surface area (Å²) in [6.07, 6.45) is 0. The number of nitriles is 1. The summed E-state index contributed by atoms with van der Waals surface area (Å²) in [6, 6.07) is 72.9. The van der Waals surface area contributed by atoms with Crippen LogP contribution in [0.1, 0.15) is 5.56 Å². The first-order valence-corrected chi connectivity index (χ1v) is 21.1. The number of hydrogen-bond acceptors (Lipinski definition) is 1. The van der Waals surface area contributed by atoms with Gasteiger partial charge in [0.25, 0.3) is 0 Å². The maximum Gasteiger partial charge on any atom is 0.212 e. The molecule has 0 aliphatic carbocycles. The van der Waals surface area contributed by atoms with E-state index in [0.717, 1.165) is 87.5 Å². The van der Waals surface area contributed by atoms with Crippen LogP contribution in [0, 0.1) is 17.9 Å². The van der Waals surface area contributed by atoms with Crippen LogP contribution >= 0.6 is 0 Å². The van der Waals surface area contributed by atoms with E-state index in [-0.39, 0.29) is 0 Å². The van der Waals surface area contributed by atoms with Gasteiger partial charge in [0.15, 0.2) is 0 Å². The van der Waals surface area contributed by atoms with E-state index in [0.29, 0.717) is 22.6 Å². The zero-order valence-corrected chi connectivity index (χ0v) is 33.8. The van der Waals surface area contributed by atoms with Gasteiger partial charge >= 0.3 is 0 Å². The molecule has 290 valence electrons. The van der Waals surface area contributed by atoms with Crippen LogP contribution in [-0.4, -0.2) is 13.7 Å². The van der Waals surface area contributed by atoms with Gasteiger partial charge in [0.05, 0.1) is 56.6 Å². The fraction of sp³-hybridized carbons (Fsp3) is 0. The zero-order chi connectivity index (χ0) is 41.8. The molecule has 0 aliphatic heterocycles. The summed E-state index contributed by atoms with van der Waals surface area (Å²) in [5.41, 5.74) is 11.9. The van der Waals surface area contributed by atoms with Crippen LogP contribution in [0.5, 0.6) is 0 Å². The molecule has 13 rings (SSSR count). The van der Waals surface area contributed by atoms with Gasteiger partial charge in [-0.05, 0) is 99.4 Å². The van der Waals surface area contributed by atoms with Gasteiger partial charge in [0.2, 0.25) is 5.69 Å². The van der Waals surface area contributed by atoms with Gasteiger partial charge in [-0.25, -0.2) is 4.85 Å².